The summed E-state index contributed by atoms with van der Waals surface area (Å²) in [6.45, 7) is 3.84. The van der Waals surface area contributed by atoms with Crippen molar-refractivity contribution in [3.8, 4) is 17.0 Å². The second-order valence-electron chi connectivity index (χ2n) is 4.97. The summed E-state index contributed by atoms with van der Waals surface area (Å²) in [4.78, 5) is 26.3. The van der Waals surface area contributed by atoms with Gasteiger partial charge in [0, 0.05) is 10.5 Å². The average Bonchev–Trinajstić information content (AvgIpc) is 2.40. The zero-order valence-electron chi connectivity index (χ0n) is 11.9. The largest absolute Gasteiger partial charge is 0.494 e. The topological polar surface area (TPSA) is 75.1 Å². The van der Waals surface area contributed by atoms with Gasteiger partial charge < -0.3 is 5.11 Å². The van der Waals surface area contributed by atoms with E-state index in [9.17, 15) is 14.7 Å². The Kier molecular flexibility index (Phi) is 4.67. The Morgan fingerprint density at radius 3 is 2.48 bits per heavy atom. The van der Waals surface area contributed by atoms with Crippen molar-refractivity contribution in [1.82, 2.24) is 9.55 Å². The summed E-state index contributed by atoms with van der Waals surface area (Å²) < 4.78 is 2.11. The molecule has 0 spiro atoms. The lowest BCUT2D eigenvalue weighted by Gasteiger charge is -2.17. The molecule has 2 rings (SSSR count). The van der Waals surface area contributed by atoms with Gasteiger partial charge in [0.1, 0.15) is 5.56 Å². The first-order chi connectivity index (χ1) is 9.95. The van der Waals surface area contributed by atoms with Crippen LogP contribution in [0.3, 0.4) is 0 Å². The maximum Gasteiger partial charge on any atom is 0.331 e. The molecule has 21 heavy (non-hydrogen) atoms. The first-order valence-electron chi connectivity index (χ1n) is 6.79. The van der Waals surface area contributed by atoms with Gasteiger partial charge in [0.2, 0.25) is 5.88 Å². The predicted molar refractivity (Wildman–Crippen MR) is 85.7 cm³/mol. The number of nitrogens with one attached hydrogen (secondary N) is 1. The highest BCUT2D eigenvalue weighted by Gasteiger charge is 2.19. The summed E-state index contributed by atoms with van der Waals surface area (Å²) in [6.07, 6.45) is 1.61. The number of H-pyrrole nitrogens is 1. The van der Waals surface area contributed by atoms with Crippen LogP contribution in [0.15, 0.2) is 38.3 Å². The Morgan fingerprint density at radius 2 is 1.90 bits per heavy atom. The minimum atomic E-state index is -0.584. The molecule has 112 valence electrons. The van der Waals surface area contributed by atoms with Crippen LogP contribution in [-0.2, 0) is 0 Å². The molecule has 0 aliphatic heterocycles. The standard InChI is InChI=1S/C15H17BrN2O3/c1-3-4-9(2)18-14(20)12(13(19)17-15(18)21)10-5-7-11(16)8-6-10/h5-9,20H,3-4H2,1-2H3,(H,17,19,21). The zero-order valence-corrected chi connectivity index (χ0v) is 13.5. The molecule has 0 bridgehead atoms. The van der Waals surface area contributed by atoms with Gasteiger partial charge in [-0.3, -0.25) is 14.3 Å². The number of nitrogens with zero attached hydrogens (tertiary/aromatic N) is 1. The van der Waals surface area contributed by atoms with Crippen LogP contribution in [0.1, 0.15) is 32.7 Å². The Balaban J connectivity index is 2.67. The van der Waals surface area contributed by atoms with Crippen molar-refractivity contribution >= 4 is 15.9 Å². The summed E-state index contributed by atoms with van der Waals surface area (Å²) in [5, 5.41) is 10.4. The Hall–Kier alpha value is -1.82. The van der Waals surface area contributed by atoms with E-state index in [1.165, 1.54) is 4.57 Å². The van der Waals surface area contributed by atoms with Crippen LogP contribution in [0.4, 0.5) is 0 Å². The molecule has 1 unspecified atom stereocenters. The van der Waals surface area contributed by atoms with Gasteiger partial charge in [-0.2, -0.15) is 0 Å². The molecule has 1 aromatic carbocycles. The van der Waals surface area contributed by atoms with E-state index in [0.717, 1.165) is 17.3 Å². The van der Waals surface area contributed by atoms with E-state index in [1.54, 1.807) is 24.3 Å². The summed E-state index contributed by atoms with van der Waals surface area (Å²) >= 11 is 3.32. The lowest BCUT2D eigenvalue weighted by molar-refractivity contribution is 0.363. The number of aromatic amines is 1. The normalized spacial score (nSPS) is 12.3. The van der Waals surface area contributed by atoms with E-state index in [2.05, 4.69) is 20.9 Å². The molecular formula is C15H17BrN2O3. The van der Waals surface area contributed by atoms with E-state index in [4.69, 9.17) is 0 Å². The molecule has 0 aliphatic rings. The van der Waals surface area contributed by atoms with Crippen LogP contribution in [0, 0.1) is 0 Å². The summed E-state index contributed by atoms with van der Waals surface area (Å²) in [5.74, 6) is -0.285. The van der Waals surface area contributed by atoms with E-state index in [1.807, 2.05) is 13.8 Å². The fraction of sp³-hybridized carbons (Fsp3) is 0.333. The number of aromatic nitrogens is 2. The van der Waals surface area contributed by atoms with E-state index >= 15 is 0 Å². The third-order valence-corrected chi connectivity index (χ3v) is 3.93. The van der Waals surface area contributed by atoms with Gasteiger partial charge in [-0.05, 0) is 31.0 Å². The molecule has 6 heteroatoms. The first kappa shape index (κ1) is 15.6. The van der Waals surface area contributed by atoms with Crippen molar-refractivity contribution in [2.75, 3.05) is 0 Å². The van der Waals surface area contributed by atoms with Crippen molar-refractivity contribution in [2.24, 2.45) is 0 Å². The van der Waals surface area contributed by atoms with Crippen LogP contribution < -0.4 is 11.2 Å². The SMILES string of the molecule is CCCC(C)n1c(O)c(-c2ccc(Br)cc2)c(=O)[nH]c1=O. The van der Waals surface area contributed by atoms with Gasteiger partial charge in [-0.25, -0.2) is 4.79 Å². The zero-order chi connectivity index (χ0) is 15.6. The molecule has 0 fully saturated rings. The summed E-state index contributed by atoms with van der Waals surface area (Å²) in [5.41, 5.74) is -0.487. The average molecular weight is 353 g/mol. The van der Waals surface area contributed by atoms with Gasteiger partial charge in [-0.1, -0.05) is 41.4 Å². The fourth-order valence-corrected chi connectivity index (χ4v) is 2.63. The second-order valence-corrected chi connectivity index (χ2v) is 5.89. The molecule has 0 amide bonds. The highest BCUT2D eigenvalue weighted by Crippen LogP contribution is 2.28. The monoisotopic (exact) mass is 352 g/mol. The molecule has 1 aromatic heterocycles. The van der Waals surface area contributed by atoms with Gasteiger partial charge in [0.25, 0.3) is 5.56 Å². The van der Waals surface area contributed by atoms with Crippen LogP contribution in [0.5, 0.6) is 5.88 Å². The molecule has 0 radical (unpaired) electrons. The molecule has 0 aliphatic carbocycles. The van der Waals surface area contributed by atoms with Gasteiger partial charge in [0.15, 0.2) is 0 Å². The van der Waals surface area contributed by atoms with Crippen LogP contribution in [0.25, 0.3) is 11.1 Å². The predicted octanol–water partition coefficient (Wildman–Crippen LogP) is 3.03. The number of hydrogen-bond acceptors (Lipinski definition) is 3. The Bertz CT molecular complexity index is 747. The number of hydrogen-bond donors (Lipinski definition) is 2. The minimum Gasteiger partial charge on any atom is -0.494 e. The highest BCUT2D eigenvalue weighted by molar-refractivity contribution is 9.10. The molecule has 2 N–H and O–H groups in total. The van der Waals surface area contributed by atoms with Crippen LogP contribution in [-0.4, -0.2) is 14.7 Å². The molecule has 0 saturated carbocycles. The van der Waals surface area contributed by atoms with E-state index < -0.39 is 11.2 Å². The van der Waals surface area contributed by atoms with E-state index in [0.29, 0.717) is 5.56 Å². The van der Waals surface area contributed by atoms with Crippen LogP contribution in [0.2, 0.25) is 0 Å². The van der Waals surface area contributed by atoms with Crippen molar-refractivity contribution in [3.63, 3.8) is 0 Å². The lowest BCUT2D eigenvalue weighted by atomic mass is 10.1. The highest BCUT2D eigenvalue weighted by atomic mass is 79.9. The van der Waals surface area contributed by atoms with E-state index in [-0.39, 0.29) is 17.5 Å². The molecule has 5 nitrogen and oxygen atoms in total. The summed E-state index contributed by atoms with van der Waals surface area (Å²) in [6, 6.07) is 6.80. The lowest BCUT2D eigenvalue weighted by Crippen LogP contribution is -2.32. The fourth-order valence-electron chi connectivity index (χ4n) is 2.37. The number of halogens is 1. The molecule has 1 atom stereocenters. The Morgan fingerprint density at radius 1 is 1.29 bits per heavy atom. The molecule has 0 saturated heterocycles. The summed E-state index contributed by atoms with van der Waals surface area (Å²) in [7, 11) is 0. The van der Waals surface area contributed by atoms with Gasteiger partial charge in [0.05, 0.1) is 0 Å². The number of aromatic hydroxyl groups is 1. The number of rotatable bonds is 4. The molecular weight excluding hydrogens is 336 g/mol. The van der Waals surface area contributed by atoms with Crippen molar-refractivity contribution in [2.45, 2.75) is 32.7 Å². The van der Waals surface area contributed by atoms with Crippen molar-refractivity contribution in [1.29, 1.82) is 0 Å². The smallest absolute Gasteiger partial charge is 0.331 e. The van der Waals surface area contributed by atoms with Crippen molar-refractivity contribution in [3.05, 3.63) is 49.6 Å². The second kappa shape index (κ2) is 6.30. The third kappa shape index (κ3) is 3.10. The van der Waals surface area contributed by atoms with Crippen LogP contribution >= 0.6 is 15.9 Å². The first-order valence-corrected chi connectivity index (χ1v) is 7.58. The minimum absolute atomic E-state index is 0.116. The maximum absolute atomic E-state index is 12.0. The quantitative estimate of drug-likeness (QED) is 0.887. The maximum atomic E-state index is 12.0. The van der Waals surface area contributed by atoms with Crippen molar-refractivity contribution < 1.29 is 5.11 Å². The molecule has 2 aromatic rings. The van der Waals surface area contributed by atoms with Gasteiger partial charge >= 0.3 is 5.69 Å². The Labute approximate surface area is 130 Å². The molecule has 1 heterocycles. The van der Waals surface area contributed by atoms with Gasteiger partial charge in [-0.15, -0.1) is 0 Å². The number of benzene rings is 1. The third-order valence-electron chi connectivity index (χ3n) is 3.40.